The highest BCUT2D eigenvalue weighted by molar-refractivity contribution is 5.16. The van der Waals surface area contributed by atoms with E-state index in [4.69, 9.17) is 11.0 Å². The van der Waals surface area contributed by atoms with Gasteiger partial charge in [-0.05, 0) is 31.1 Å². The third-order valence-electron chi connectivity index (χ3n) is 3.47. The molecule has 0 saturated heterocycles. The Labute approximate surface area is 67.4 Å². The number of hydrogen-bond donors (Lipinski definition) is 1. The first-order chi connectivity index (χ1) is 5.24. The average Bonchev–Trinajstić information content (AvgIpc) is 1.85. The zero-order valence-electron chi connectivity index (χ0n) is 6.77. The average molecular weight is 150 g/mol. The topological polar surface area (TPSA) is 49.8 Å². The van der Waals surface area contributed by atoms with Gasteiger partial charge in [0.1, 0.15) is 0 Å². The molecule has 2 aliphatic rings. The van der Waals surface area contributed by atoms with Gasteiger partial charge in [0.15, 0.2) is 0 Å². The van der Waals surface area contributed by atoms with Crippen molar-refractivity contribution in [3.63, 3.8) is 0 Å². The Morgan fingerprint density at radius 1 is 1.36 bits per heavy atom. The molecule has 0 radical (unpaired) electrons. The summed E-state index contributed by atoms with van der Waals surface area (Å²) < 4.78 is 0. The fraction of sp³-hybridized carbons (Fsp3) is 0.889. The van der Waals surface area contributed by atoms with Crippen molar-refractivity contribution in [3.05, 3.63) is 0 Å². The van der Waals surface area contributed by atoms with Crippen LogP contribution >= 0.6 is 0 Å². The zero-order chi connectivity index (χ0) is 7.95. The van der Waals surface area contributed by atoms with E-state index in [0.29, 0.717) is 12.0 Å². The molecule has 0 aliphatic heterocycles. The van der Waals surface area contributed by atoms with Crippen LogP contribution in [-0.2, 0) is 0 Å². The molecule has 2 nitrogen and oxygen atoms in total. The number of rotatable bonds is 1. The van der Waals surface area contributed by atoms with Gasteiger partial charge < -0.3 is 5.73 Å². The summed E-state index contributed by atoms with van der Waals surface area (Å²) in [7, 11) is 0. The van der Waals surface area contributed by atoms with Gasteiger partial charge in [0, 0.05) is 6.54 Å². The molecule has 1 spiro atoms. The monoisotopic (exact) mass is 150 g/mol. The van der Waals surface area contributed by atoms with Crippen LogP contribution in [0.15, 0.2) is 0 Å². The van der Waals surface area contributed by atoms with E-state index >= 15 is 0 Å². The molecule has 2 rings (SSSR count). The summed E-state index contributed by atoms with van der Waals surface area (Å²) in [5.41, 5.74) is 6.01. The summed E-state index contributed by atoms with van der Waals surface area (Å²) in [6.45, 7) is 0.561. The van der Waals surface area contributed by atoms with Gasteiger partial charge in [-0.1, -0.05) is 6.42 Å². The number of nitrogens with zero attached hydrogens (tertiary/aromatic N) is 1. The fourth-order valence-electron chi connectivity index (χ4n) is 2.68. The van der Waals surface area contributed by atoms with Gasteiger partial charge in [-0.15, -0.1) is 0 Å². The highest BCUT2D eigenvalue weighted by atomic mass is 14.7. The Bertz CT molecular complexity index is 202. The first kappa shape index (κ1) is 7.12. The van der Waals surface area contributed by atoms with Crippen LogP contribution in [0.4, 0.5) is 0 Å². The molecule has 0 heterocycles. The lowest BCUT2D eigenvalue weighted by molar-refractivity contribution is -0.0589. The second-order valence-corrected chi connectivity index (χ2v) is 4.30. The molecule has 2 fully saturated rings. The molecule has 2 aliphatic carbocycles. The third kappa shape index (κ3) is 0.810. The molecule has 0 unspecified atom stereocenters. The predicted molar refractivity (Wildman–Crippen MR) is 42.6 cm³/mol. The number of nitriles is 1. The zero-order valence-corrected chi connectivity index (χ0v) is 6.77. The molecule has 2 N–H and O–H groups in total. The first-order valence-corrected chi connectivity index (χ1v) is 4.36. The lowest BCUT2D eigenvalue weighted by Crippen LogP contribution is -2.53. The van der Waals surface area contributed by atoms with E-state index in [1.54, 1.807) is 0 Å². The van der Waals surface area contributed by atoms with Gasteiger partial charge in [-0.25, -0.2) is 0 Å². The molecule has 2 heteroatoms. The van der Waals surface area contributed by atoms with E-state index < -0.39 is 0 Å². The summed E-state index contributed by atoms with van der Waals surface area (Å²) in [5, 5.41) is 8.86. The lowest BCUT2D eigenvalue weighted by atomic mass is 9.46. The standard InChI is InChI=1S/C9H14N2/c10-6-9(7-11)4-8(5-9)2-1-3-8/h1-6,10H2. The van der Waals surface area contributed by atoms with E-state index in [1.165, 1.54) is 19.3 Å². The van der Waals surface area contributed by atoms with Crippen LogP contribution in [0, 0.1) is 22.2 Å². The molecular weight excluding hydrogens is 136 g/mol. The van der Waals surface area contributed by atoms with Crippen LogP contribution in [0.3, 0.4) is 0 Å². The summed E-state index contributed by atoms with van der Waals surface area (Å²) in [6, 6.07) is 2.36. The summed E-state index contributed by atoms with van der Waals surface area (Å²) in [5.74, 6) is 0. The molecule has 0 amide bonds. The van der Waals surface area contributed by atoms with Crippen molar-refractivity contribution < 1.29 is 0 Å². The van der Waals surface area contributed by atoms with Gasteiger partial charge >= 0.3 is 0 Å². The maximum Gasteiger partial charge on any atom is 0.0706 e. The maximum atomic E-state index is 8.86. The van der Waals surface area contributed by atoms with Gasteiger partial charge in [0.25, 0.3) is 0 Å². The molecule has 0 atom stereocenters. The molecule has 0 aromatic carbocycles. The Morgan fingerprint density at radius 2 is 2.00 bits per heavy atom. The van der Waals surface area contributed by atoms with E-state index in [9.17, 15) is 0 Å². The third-order valence-corrected chi connectivity index (χ3v) is 3.47. The van der Waals surface area contributed by atoms with Gasteiger partial charge in [0.05, 0.1) is 11.5 Å². The van der Waals surface area contributed by atoms with Gasteiger partial charge in [0.2, 0.25) is 0 Å². The van der Waals surface area contributed by atoms with E-state index in [1.807, 2.05) is 0 Å². The van der Waals surface area contributed by atoms with Crippen LogP contribution in [0.5, 0.6) is 0 Å². The van der Waals surface area contributed by atoms with Crippen molar-refractivity contribution in [3.8, 4) is 6.07 Å². The second kappa shape index (κ2) is 1.98. The molecule has 11 heavy (non-hydrogen) atoms. The van der Waals surface area contributed by atoms with Gasteiger partial charge in [-0.2, -0.15) is 5.26 Å². The van der Waals surface area contributed by atoms with Gasteiger partial charge in [-0.3, -0.25) is 0 Å². The second-order valence-electron chi connectivity index (χ2n) is 4.30. The van der Waals surface area contributed by atoms with Crippen LogP contribution in [0.1, 0.15) is 32.1 Å². The Morgan fingerprint density at radius 3 is 2.27 bits per heavy atom. The van der Waals surface area contributed by atoms with E-state index in [2.05, 4.69) is 6.07 Å². The minimum atomic E-state index is -0.125. The highest BCUT2D eigenvalue weighted by Gasteiger charge is 2.56. The molecule has 2 saturated carbocycles. The fourth-order valence-corrected chi connectivity index (χ4v) is 2.68. The number of hydrogen-bond acceptors (Lipinski definition) is 2. The molecule has 0 bridgehead atoms. The van der Waals surface area contributed by atoms with Crippen LogP contribution in [-0.4, -0.2) is 6.54 Å². The summed E-state index contributed by atoms with van der Waals surface area (Å²) >= 11 is 0. The van der Waals surface area contributed by atoms with Crippen molar-refractivity contribution in [2.24, 2.45) is 16.6 Å². The predicted octanol–water partition coefficient (Wildman–Crippen LogP) is 1.42. The SMILES string of the molecule is N#CC1(CN)CC2(CCC2)C1. The van der Waals surface area contributed by atoms with Crippen LogP contribution < -0.4 is 5.73 Å². The lowest BCUT2D eigenvalue weighted by Gasteiger charge is -2.58. The first-order valence-electron chi connectivity index (χ1n) is 4.36. The summed E-state index contributed by atoms with van der Waals surface area (Å²) in [6.07, 6.45) is 6.21. The Balaban J connectivity index is 2.00. The van der Waals surface area contributed by atoms with E-state index in [0.717, 1.165) is 12.8 Å². The quantitative estimate of drug-likeness (QED) is 0.614. The Hall–Kier alpha value is -0.550. The minimum Gasteiger partial charge on any atom is -0.329 e. The van der Waals surface area contributed by atoms with Crippen LogP contribution in [0.25, 0.3) is 0 Å². The van der Waals surface area contributed by atoms with Crippen molar-refractivity contribution in [2.45, 2.75) is 32.1 Å². The van der Waals surface area contributed by atoms with E-state index in [-0.39, 0.29) is 5.41 Å². The van der Waals surface area contributed by atoms with Crippen molar-refractivity contribution in [2.75, 3.05) is 6.54 Å². The number of nitrogens with two attached hydrogens (primary N) is 1. The molecule has 0 aromatic heterocycles. The van der Waals surface area contributed by atoms with Crippen molar-refractivity contribution in [1.29, 1.82) is 5.26 Å². The molecular formula is C9H14N2. The molecule has 0 aromatic rings. The van der Waals surface area contributed by atoms with Crippen LogP contribution in [0.2, 0.25) is 0 Å². The highest BCUT2D eigenvalue weighted by Crippen LogP contribution is 2.63. The Kier molecular flexibility index (Phi) is 1.28. The van der Waals surface area contributed by atoms with Crippen molar-refractivity contribution in [1.82, 2.24) is 0 Å². The molecule has 60 valence electrons. The minimum absolute atomic E-state index is 0.125. The largest absolute Gasteiger partial charge is 0.329 e. The summed E-state index contributed by atoms with van der Waals surface area (Å²) in [4.78, 5) is 0. The van der Waals surface area contributed by atoms with Crippen molar-refractivity contribution >= 4 is 0 Å². The maximum absolute atomic E-state index is 8.86. The normalized spacial score (nSPS) is 30.2. The smallest absolute Gasteiger partial charge is 0.0706 e.